The Kier molecular flexibility index (Phi) is 3.47. The normalized spacial score (nSPS) is 10.7. The number of hydrogen-bond donors (Lipinski definition) is 1. The number of rotatable bonds is 2. The van der Waals surface area contributed by atoms with Crippen LogP contribution in [-0.4, -0.2) is 25.8 Å². The SMILES string of the molecule is Cc1nc(C(=O)O)nn1-c1cc(Cl)c(Cl)cc1Cl. The van der Waals surface area contributed by atoms with Gasteiger partial charge in [-0.25, -0.2) is 14.5 Å². The number of benzene rings is 1. The number of halogens is 3. The molecule has 0 aliphatic heterocycles. The fourth-order valence-corrected chi connectivity index (χ4v) is 2.00. The number of carboxylic acids is 1. The molecule has 18 heavy (non-hydrogen) atoms. The third-order valence-electron chi connectivity index (χ3n) is 2.18. The summed E-state index contributed by atoms with van der Waals surface area (Å²) in [6, 6.07) is 2.96. The molecule has 1 heterocycles. The van der Waals surface area contributed by atoms with Crippen molar-refractivity contribution < 1.29 is 9.90 Å². The number of aryl methyl sites for hydroxylation is 1. The van der Waals surface area contributed by atoms with Crippen LogP contribution in [0.1, 0.15) is 16.4 Å². The molecule has 0 radical (unpaired) electrons. The summed E-state index contributed by atoms with van der Waals surface area (Å²) < 4.78 is 1.30. The van der Waals surface area contributed by atoms with Crippen molar-refractivity contribution >= 4 is 40.8 Å². The lowest BCUT2D eigenvalue weighted by Gasteiger charge is -2.07. The minimum Gasteiger partial charge on any atom is -0.475 e. The number of hydrogen-bond acceptors (Lipinski definition) is 3. The average molecular weight is 307 g/mol. The van der Waals surface area contributed by atoms with Crippen molar-refractivity contribution in [3.8, 4) is 5.69 Å². The maximum Gasteiger partial charge on any atom is 0.375 e. The van der Waals surface area contributed by atoms with E-state index in [1.54, 1.807) is 6.92 Å². The van der Waals surface area contributed by atoms with Gasteiger partial charge in [-0.3, -0.25) is 0 Å². The standard InChI is InChI=1S/C10H6Cl3N3O2/c1-4-14-9(10(17)18)15-16(4)8-3-6(12)5(11)2-7(8)13/h2-3H,1H3,(H,17,18). The van der Waals surface area contributed by atoms with E-state index in [0.29, 0.717) is 26.6 Å². The Balaban J connectivity index is 2.62. The molecule has 0 bridgehead atoms. The molecule has 5 nitrogen and oxygen atoms in total. The molecule has 0 saturated carbocycles. The summed E-state index contributed by atoms with van der Waals surface area (Å²) in [4.78, 5) is 14.6. The van der Waals surface area contributed by atoms with Gasteiger partial charge in [-0.15, -0.1) is 5.10 Å². The predicted molar refractivity (Wildman–Crippen MR) is 68.1 cm³/mol. The molecule has 0 aliphatic rings. The van der Waals surface area contributed by atoms with Crippen LogP contribution in [0.3, 0.4) is 0 Å². The van der Waals surface area contributed by atoms with E-state index in [1.165, 1.54) is 16.8 Å². The summed E-state index contributed by atoms with van der Waals surface area (Å²) in [5.74, 6) is -1.14. The van der Waals surface area contributed by atoms with Gasteiger partial charge in [0, 0.05) is 0 Å². The first-order chi connectivity index (χ1) is 8.40. The molecule has 1 aromatic carbocycles. The zero-order valence-corrected chi connectivity index (χ0v) is 11.3. The highest BCUT2D eigenvalue weighted by molar-refractivity contribution is 6.43. The van der Waals surface area contributed by atoms with Crippen molar-refractivity contribution in [2.75, 3.05) is 0 Å². The van der Waals surface area contributed by atoms with Crippen LogP contribution in [0.25, 0.3) is 5.69 Å². The van der Waals surface area contributed by atoms with Crippen molar-refractivity contribution in [3.63, 3.8) is 0 Å². The summed E-state index contributed by atoms with van der Waals surface area (Å²) in [6.07, 6.45) is 0. The Labute approximate surface area is 117 Å². The largest absolute Gasteiger partial charge is 0.475 e. The molecule has 0 unspecified atom stereocenters. The molecule has 1 N–H and O–H groups in total. The van der Waals surface area contributed by atoms with Crippen molar-refractivity contribution in [2.45, 2.75) is 6.92 Å². The van der Waals surface area contributed by atoms with Gasteiger partial charge in [-0.2, -0.15) is 0 Å². The van der Waals surface area contributed by atoms with E-state index < -0.39 is 5.97 Å². The van der Waals surface area contributed by atoms with Crippen molar-refractivity contribution in [2.24, 2.45) is 0 Å². The van der Waals surface area contributed by atoms with Crippen LogP contribution in [0.15, 0.2) is 12.1 Å². The molecule has 2 rings (SSSR count). The molecule has 0 atom stereocenters. The quantitative estimate of drug-likeness (QED) is 0.865. The Morgan fingerprint density at radius 2 is 1.83 bits per heavy atom. The van der Waals surface area contributed by atoms with E-state index in [-0.39, 0.29) is 5.82 Å². The molecule has 94 valence electrons. The van der Waals surface area contributed by atoms with E-state index in [4.69, 9.17) is 39.9 Å². The van der Waals surface area contributed by atoms with Crippen LogP contribution in [0.4, 0.5) is 0 Å². The zero-order chi connectivity index (χ0) is 13.4. The zero-order valence-electron chi connectivity index (χ0n) is 8.99. The highest BCUT2D eigenvalue weighted by atomic mass is 35.5. The number of aromatic nitrogens is 3. The van der Waals surface area contributed by atoms with Gasteiger partial charge in [0.2, 0.25) is 0 Å². The third-order valence-corrected chi connectivity index (χ3v) is 3.20. The predicted octanol–water partition coefficient (Wildman–Crippen LogP) is 3.23. The van der Waals surface area contributed by atoms with Gasteiger partial charge in [-0.05, 0) is 19.1 Å². The van der Waals surface area contributed by atoms with Crippen LogP contribution in [0.5, 0.6) is 0 Å². The number of nitrogens with zero attached hydrogens (tertiary/aromatic N) is 3. The van der Waals surface area contributed by atoms with E-state index >= 15 is 0 Å². The molecule has 1 aromatic heterocycles. The summed E-state index contributed by atoms with van der Waals surface area (Å²) in [6.45, 7) is 1.61. The lowest BCUT2D eigenvalue weighted by atomic mass is 10.3. The second-order valence-electron chi connectivity index (χ2n) is 3.42. The Morgan fingerprint density at radius 3 is 2.39 bits per heavy atom. The second-order valence-corrected chi connectivity index (χ2v) is 4.64. The fraction of sp³-hybridized carbons (Fsp3) is 0.100. The van der Waals surface area contributed by atoms with Crippen LogP contribution >= 0.6 is 34.8 Å². The first-order valence-electron chi connectivity index (χ1n) is 4.72. The summed E-state index contributed by atoms with van der Waals surface area (Å²) in [5.41, 5.74) is 0.420. The molecule has 0 aliphatic carbocycles. The molecular weight excluding hydrogens is 300 g/mol. The molecule has 0 spiro atoms. The number of aromatic carboxylic acids is 1. The van der Waals surface area contributed by atoms with Crippen LogP contribution in [-0.2, 0) is 0 Å². The lowest BCUT2D eigenvalue weighted by molar-refractivity contribution is 0.0683. The van der Waals surface area contributed by atoms with Crippen molar-refractivity contribution in [3.05, 3.63) is 38.8 Å². The first-order valence-corrected chi connectivity index (χ1v) is 5.85. The Morgan fingerprint density at radius 1 is 1.22 bits per heavy atom. The smallest absolute Gasteiger partial charge is 0.375 e. The third kappa shape index (κ3) is 2.29. The van der Waals surface area contributed by atoms with E-state index in [9.17, 15) is 4.79 Å². The van der Waals surface area contributed by atoms with Crippen molar-refractivity contribution in [1.29, 1.82) is 0 Å². The van der Waals surface area contributed by atoms with Gasteiger partial charge in [0.15, 0.2) is 0 Å². The van der Waals surface area contributed by atoms with Gasteiger partial charge in [-0.1, -0.05) is 34.8 Å². The van der Waals surface area contributed by atoms with Gasteiger partial charge in [0.25, 0.3) is 5.82 Å². The topological polar surface area (TPSA) is 68.0 Å². The number of carbonyl (C=O) groups is 1. The van der Waals surface area contributed by atoms with Gasteiger partial charge < -0.3 is 5.11 Å². The van der Waals surface area contributed by atoms with Crippen LogP contribution < -0.4 is 0 Å². The lowest BCUT2D eigenvalue weighted by Crippen LogP contribution is -2.03. The van der Waals surface area contributed by atoms with Crippen LogP contribution in [0.2, 0.25) is 15.1 Å². The highest BCUT2D eigenvalue weighted by Gasteiger charge is 2.16. The maximum absolute atomic E-state index is 10.8. The van der Waals surface area contributed by atoms with E-state index in [2.05, 4.69) is 10.1 Å². The minimum absolute atomic E-state index is 0.294. The Bertz CT molecular complexity index is 640. The molecule has 8 heteroatoms. The number of carboxylic acid groups (broad SMARTS) is 1. The first kappa shape index (κ1) is 13.1. The second kappa shape index (κ2) is 4.76. The fourth-order valence-electron chi connectivity index (χ4n) is 1.38. The van der Waals surface area contributed by atoms with Gasteiger partial charge in [0.1, 0.15) is 5.82 Å². The van der Waals surface area contributed by atoms with Gasteiger partial charge >= 0.3 is 5.97 Å². The molecule has 0 fully saturated rings. The molecule has 0 amide bonds. The monoisotopic (exact) mass is 305 g/mol. The van der Waals surface area contributed by atoms with Crippen molar-refractivity contribution in [1.82, 2.24) is 14.8 Å². The minimum atomic E-state index is -1.21. The summed E-state index contributed by atoms with van der Waals surface area (Å²) >= 11 is 17.7. The van der Waals surface area contributed by atoms with E-state index in [1.807, 2.05) is 0 Å². The van der Waals surface area contributed by atoms with Crippen LogP contribution in [0, 0.1) is 6.92 Å². The Hall–Kier alpha value is -1.30. The summed E-state index contributed by atoms with van der Waals surface area (Å²) in [5, 5.41) is 13.6. The maximum atomic E-state index is 10.8. The molecular formula is C10H6Cl3N3O2. The average Bonchev–Trinajstić information content (AvgIpc) is 2.66. The van der Waals surface area contributed by atoms with E-state index in [0.717, 1.165) is 0 Å². The molecule has 2 aromatic rings. The molecule has 0 saturated heterocycles. The highest BCUT2D eigenvalue weighted by Crippen LogP contribution is 2.31. The summed E-state index contributed by atoms with van der Waals surface area (Å²) in [7, 11) is 0. The van der Waals surface area contributed by atoms with Gasteiger partial charge in [0.05, 0.1) is 20.8 Å².